The summed E-state index contributed by atoms with van der Waals surface area (Å²) in [5.74, 6) is -0.753. The first-order valence-corrected chi connectivity index (χ1v) is 15.5. The van der Waals surface area contributed by atoms with Crippen molar-refractivity contribution in [1.82, 2.24) is 10.2 Å². The first-order chi connectivity index (χ1) is 21.5. The summed E-state index contributed by atoms with van der Waals surface area (Å²) in [6, 6.07) is 23.8. The average molecular weight is 624 g/mol. The SMILES string of the molecule is Cc1cc(C)cc(C(C(=O)Nc2ccc3ccccc3c2)N(C(=O)C(Cc2ccc(O)cc2)NC(=O)OC(C)(C)C)C(C)(C)C)c1. The van der Waals surface area contributed by atoms with Gasteiger partial charge in [-0.25, -0.2) is 4.79 Å². The van der Waals surface area contributed by atoms with Crippen LogP contribution in [0.4, 0.5) is 10.5 Å². The van der Waals surface area contributed by atoms with Crippen LogP contribution in [0.25, 0.3) is 10.8 Å². The van der Waals surface area contributed by atoms with Crippen LogP contribution in [0, 0.1) is 13.8 Å². The molecule has 242 valence electrons. The number of nitrogens with zero attached hydrogens (tertiary/aromatic N) is 1. The minimum absolute atomic E-state index is 0.0864. The van der Waals surface area contributed by atoms with Gasteiger partial charge in [-0.15, -0.1) is 0 Å². The van der Waals surface area contributed by atoms with E-state index in [-0.39, 0.29) is 18.1 Å². The van der Waals surface area contributed by atoms with Crippen LogP contribution >= 0.6 is 0 Å². The molecule has 4 rings (SSSR count). The highest BCUT2D eigenvalue weighted by Gasteiger charge is 2.42. The number of aromatic hydroxyl groups is 1. The van der Waals surface area contributed by atoms with Crippen molar-refractivity contribution in [2.45, 2.75) is 85.0 Å². The summed E-state index contributed by atoms with van der Waals surface area (Å²) in [5.41, 5.74) is 2.22. The van der Waals surface area contributed by atoms with Gasteiger partial charge in [0.15, 0.2) is 0 Å². The van der Waals surface area contributed by atoms with Crippen LogP contribution in [0.1, 0.15) is 69.8 Å². The van der Waals surface area contributed by atoms with Gasteiger partial charge in [0.25, 0.3) is 5.91 Å². The van der Waals surface area contributed by atoms with Gasteiger partial charge in [0.1, 0.15) is 23.4 Å². The lowest BCUT2D eigenvalue weighted by atomic mass is 9.92. The van der Waals surface area contributed by atoms with E-state index in [1.54, 1.807) is 37.8 Å². The van der Waals surface area contributed by atoms with Crippen molar-refractivity contribution in [2.75, 3.05) is 5.32 Å². The molecule has 4 aromatic carbocycles. The fraction of sp³-hybridized carbons (Fsp3) is 0.342. The molecule has 0 radical (unpaired) electrons. The molecule has 2 atom stereocenters. The first-order valence-electron chi connectivity index (χ1n) is 15.5. The molecule has 0 aliphatic rings. The Hall–Kier alpha value is -4.85. The molecule has 0 heterocycles. The second kappa shape index (κ2) is 13.6. The monoisotopic (exact) mass is 623 g/mol. The molecule has 3 N–H and O–H groups in total. The van der Waals surface area contributed by atoms with Crippen molar-refractivity contribution in [3.8, 4) is 5.75 Å². The summed E-state index contributed by atoms with van der Waals surface area (Å²) in [6.07, 6.45) is -0.640. The van der Waals surface area contributed by atoms with Crippen molar-refractivity contribution in [3.63, 3.8) is 0 Å². The summed E-state index contributed by atoms with van der Waals surface area (Å²) in [6.45, 7) is 14.8. The number of benzene rings is 4. The van der Waals surface area contributed by atoms with Crippen molar-refractivity contribution in [3.05, 3.63) is 107 Å². The number of anilines is 1. The molecule has 0 spiro atoms. The lowest BCUT2D eigenvalue weighted by Crippen LogP contribution is -2.58. The number of carbonyl (C=O) groups excluding carboxylic acids is 3. The Bertz CT molecular complexity index is 1700. The van der Waals surface area contributed by atoms with Crippen molar-refractivity contribution < 1.29 is 24.2 Å². The molecule has 0 aliphatic heterocycles. The highest BCUT2D eigenvalue weighted by molar-refractivity contribution is 6.00. The lowest BCUT2D eigenvalue weighted by Gasteiger charge is -2.43. The number of fused-ring (bicyclic) bond motifs is 1. The minimum atomic E-state index is -1.08. The van der Waals surface area contributed by atoms with Gasteiger partial charge in [0, 0.05) is 17.6 Å². The number of nitrogens with one attached hydrogen (secondary N) is 2. The van der Waals surface area contributed by atoms with Crippen molar-refractivity contribution in [1.29, 1.82) is 0 Å². The Labute approximate surface area is 271 Å². The highest BCUT2D eigenvalue weighted by atomic mass is 16.6. The average Bonchev–Trinajstić information content (AvgIpc) is 2.94. The molecule has 3 amide bonds. The molecular weight excluding hydrogens is 578 g/mol. The molecule has 8 heteroatoms. The Balaban J connectivity index is 1.80. The summed E-state index contributed by atoms with van der Waals surface area (Å²) in [5, 5.41) is 17.7. The third-order valence-electron chi connectivity index (χ3n) is 7.41. The Morgan fingerprint density at radius 1 is 0.804 bits per heavy atom. The van der Waals surface area contributed by atoms with E-state index in [4.69, 9.17) is 4.74 Å². The third-order valence-corrected chi connectivity index (χ3v) is 7.41. The predicted octanol–water partition coefficient (Wildman–Crippen LogP) is 7.61. The zero-order chi connectivity index (χ0) is 33.8. The van der Waals surface area contributed by atoms with Crippen LogP contribution in [0.2, 0.25) is 0 Å². The molecule has 0 saturated carbocycles. The zero-order valence-electron chi connectivity index (χ0n) is 28.0. The molecule has 4 aromatic rings. The number of alkyl carbamates (subject to hydrolysis) is 1. The Morgan fingerprint density at radius 3 is 2.00 bits per heavy atom. The van der Waals surface area contributed by atoms with Gasteiger partial charge in [-0.3, -0.25) is 9.59 Å². The molecule has 0 aromatic heterocycles. The molecule has 0 fully saturated rings. The number of phenols is 1. The molecule has 46 heavy (non-hydrogen) atoms. The number of hydrogen-bond acceptors (Lipinski definition) is 5. The fourth-order valence-corrected chi connectivity index (χ4v) is 5.59. The van der Waals surface area contributed by atoms with Crippen LogP contribution in [0.15, 0.2) is 84.9 Å². The Morgan fingerprint density at radius 2 is 1.41 bits per heavy atom. The molecule has 0 aliphatic carbocycles. The summed E-state index contributed by atoms with van der Waals surface area (Å²) >= 11 is 0. The number of amides is 3. The standard InChI is InChI=1S/C38H45N3O5/c1-24-19-25(2)21-29(20-24)33(34(43)39-30-16-15-27-11-9-10-12-28(27)23-30)41(37(3,4)5)35(44)32(40-36(45)46-38(6,7)8)22-26-13-17-31(42)18-14-26/h9-21,23,32-33,42H,22H2,1-8H3,(H,39,43)(H,40,45). The van der Waals surface area contributed by atoms with Crippen LogP contribution in [-0.4, -0.2) is 45.1 Å². The van der Waals surface area contributed by atoms with E-state index in [2.05, 4.69) is 10.6 Å². The van der Waals surface area contributed by atoms with Crippen LogP contribution in [-0.2, 0) is 20.7 Å². The topological polar surface area (TPSA) is 108 Å². The van der Waals surface area contributed by atoms with Gasteiger partial charge in [-0.05, 0) is 102 Å². The highest BCUT2D eigenvalue weighted by Crippen LogP contribution is 2.33. The quantitative estimate of drug-likeness (QED) is 0.187. The van der Waals surface area contributed by atoms with E-state index in [0.29, 0.717) is 16.8 Å². The van der Waals surface area contributed by atoms with Gasteiger partial charge in [0.05, 0.1) is 0 Å². The van der Waals surface area contributed by atoms with Crippen LogP contribution in [0.5, 0.6) is 5.75 Å². The molecule has 2 unspecified atom stereocenters. The fourth-order valence-electron chi connectivity index (χ4n) is 5.59. The normalized spacial score (nSPS) is 13.0. The molecular formula is C38H45N3O5. The molecule has 0 saturated heterocycles. The number of phenolic OH excluding ortho intramolecular Hbond substituents is 1. The second-order valence-corrected chi connectivity index (χ2v) is 13.8. The maximum atomic E-state index is 14.8. The van der Waals surface area contributed by atoms with Crippen LogP contribution in [0.3, 0.4) is 0 Å². The van der Waals surface area contributed by atoms with E-state index < -0.39 is 35.2 Å². The van der Waals surface area contributed by atoms with Crippen molar-refractivity contribution in [2.24, 2.45) is 0 Å². The molecule has 8 nitrogen and oxygen atoms in total. The van der Waals surface area contributed by atoms with E-state index >= 15 is 0 Å². The maximum Gasteiger partial charge on any atom is 0.408 e. The second-order valence-electron chi connectivity index (χ2n) is 13.8. The van der Waals surface area contributed by atoms with Gasteiger partial charge in [-0.2, -0.15) is 0 Å². The van der Waals surface area contributed by atoms with Crippen molar-refractivity contribution >= 4 is 34.4 Å². The van der Waals surface area contributed by atoms with E-state index in [1.165, 1.54) is 12.1 Å². The van der Waals surface area contributed by atoms with Crippen LogP contribution < -0.4 is 10.6 Å². The number of carbonyl (C=O) groups is 3. The third kappa shape index (κ3) is 8.87. The first kappa shape index (κ1) is 34.0. The van der Waals surface area contributed by atoms with E-state index in [9.17, 15) is 19.5 Å². The number of hydrogen-bond donors (Lipinski definition) is 3. The largest absolute Gasteiger partial charge is 0.508 e. The van der Waals surface area contributed by atoms with E-state index in [1.807, 2.05) is 95.3 Å². The summed E-state index contributed by atoms with van der Waals surface area (Å²) in [4.78, 5) is 43.9. The summed E-state index contributed by atoms with van der Waals surface area (Å²) < 4.78 is 5.54. The maximum absolute atomic E-state index is 14.8. The van der Waals surface area contributed by atoms with Gasteiger partial charge >= 0.3 is 6.09 Å². The predicted molar refractivity (Wildman–Crippen MR) is 183 cm³/mol. The van der Waals surface area contributed by atoms with Gasteiger partial charge < -0.3 is 25.4 Å². The van der Waals surface area contributed by atoms with E-state index in [0.717, 1.165) is 21.9 Å². The minimum Gasteiger partial charge on any atom is -0.508 e. The zero-order valence-corrected chi connectivity index (χ0v) is 28.0. The summed E-state index contributed by atoms with van der Waals surface area (Å²) in [7, 11) is 0. The van der Waals surface area contributed by atoms with Gasteiger partial charge in [0.2, 0.25) is 5.91 Å². The lowest BCUT2D eigenvalue weighted by molar-refractivity contribution is -0.146. The number of aryl methyl sites for hydroxylation is 2. The number of ether oxygens (including phenoxy) is 1. The number of rotatable bonds is 8. The molecule has 0 bridgehead atoms. The van der Waals surface area contributed by atoms with Gasteiger partial charge in [-0.1, -0.05) is 71.8 Å². The smallest absolute Gasteiger partial charge is 0.408 e. The Kier molecular flexibility index (Phi) is 10.1.